The van der Waals surface area contributed by atoms with Crippen molar-refractivity contribution in [3.05, 3.63) is 40.2 Å². The fraction of sp³-hybridized carbons (Fsp3) is 0.100. The molecule has 8 heteroatoms. The Balaban J connectivity index is 2.26. The van der Waals surface area contributed by atoms with Gasteiger partial charge in [0.25, 0.3) is 5.91 Å². The molecule has 0 atom stereocenters. The van der Waals surface area contributed by atoms with Crippen molar-refractivity contribution in [1.29, 1.82) is 0 Å². The molecule has 0 radical (unpaired) electrons. The first-order valence-electron chi connectivity index (χ1n) is 4.73. The van der Waals surface area contributed by atoms with Crippen molar-refractivity contribution in [2.24, 2.45) is 0 Å². The monoisotopic (exact) mass is 273 g/mol. The van der Waals surface area contributed by atoms with Gasteiger partial charge in [-0.1, -0.05) is 11.3 Å². The minimum Gasteiger partial charge on any atom is -0.296 e. The number of nitrogens with one attached hydrogen (secondary N) is 1. The van der Waals surface area contributed by atoms with Gasteiger partial charge in [-0.05, 0) is 13.0 Å². The molecule has 18 heavy (non-hydrogen) atoms. The summed E-state index contributed by atoms with van der Waals surface area (Å²) in [6.07, 6.45) is 0. The number of aromatic nitrogens is 2. The van der Waals surface area contributed by atoms with Crippen LogP contribution in [0.25, 0.3) is 0 Å². The number of rotatable bonds is 2. The maximum Gasteiger partial charge on any atom is 0.260 e. The van der Waals surface area contributed by atoms with Crippen molar-refractivity contribution in [3.63, 3.8) is 0 Å². The zero-order valence-electron chi connectivity index (χ0n) is 9.00. The van der Waals surface area contributed by atoms with E-state index in [2.05, 4.69) is 15.5 Å². The second-order valence-corrected chi connectivity index (χ2v) is 4.51. The molecule has 2 rings (SSSR count). The summed E-state index contributed by atoms with van der Waals surface area (Å²) in [5.41, 5.74) is -0.596. The van der Waals surface area contributed by atoms with Crippen LogP contribution in [-0.4, -0.2) is 16.1 Å². The van der Waals surface area contributed by atoms with Gasteiger partial charge in [0.2, 0.25) is 5.13 Å². The molecule has 1 N–H and O–H groups in total. The molecular weight excluding hydrogens is 267 g/mol. The minimum atomic E-state index is -1.35. The van der Waals surface area contributed by atoms with E-state index < -0.39 is 28.9 Å². The van der Waals surface area contributed by atoms with Crippen LogP contribution in [0.15, 0.2) is 12.1 Å². The lowest BCUT2D eigenvalue weighted by atomic mass is 10.2. The summed E-state index contributed by atoms with van der Waals surface area (Å²) >= 11 is 1.08. The number of hydrogen-bond acceptors (Lipinski definition) is 4. The van der Waals surface area contributed by atoms with Gasteiger partial charge in [-0.25, -0.2) is 13.2 Å². The van der Waals surface area contributed by atoms with Gasteiger partial charge in [-0.3, -0.25) is 10.1 Å². The first-order chi connectivity index (χ1) is 8.47. The fourth-order valence-corrected chi connectivity index (χ4v) is 1.79. The molecule has 2 aromatic rings. The average Bonchev–Trinajstić information content (AvgIpc) is 2.69. The maximum atomic E-state index is 13.3. The van der Waals surface area contributed by atoms with Crippen LogP contribution in [0.3, 0.4) is 0 Å². The molecule has 0 spiro atoms. The molecule has 0 saturated heterocycles. The molecule has 0 saturated carbocycles. The summed E-state index contributed by atoms with van der Waals surface area (Å²) in [5, 5.41) is 10.2. The van der Waals surface area contributed by atoms with E-state index in [-0.39, 0.29) is 5.13 Å². The highest BCUT2D eigenvalue weighted by Gasteiger charge is 2.17. The fourth-order valence-electron chi connectivity index (χ4n) is 1.21. The molecule has 1 aromatic heterocycles. The Kier molecular flexibility index (Phi) is 3.28. The van der Waals surface area contributed by atoms with Crippen molar-refractivity contribution in [2.45, 2.75) is 6.92 Å². The van der Waals surface area contributed by atoms with Gasteiger partial charge < -0.3 is 0 Å². The number of aryl methyl sites for hydroxylation is 1. The summed E-state index contributed by atoms with van der Waals surface area (Å²) in [6, 6.07) is 0.809. The molecule has 0 unspecified atom stereocenters. The van der Waals surface area contributed by atoms with Crippen molar-refractivity contribution >= 4 is 22.4 Å². The highest BCUT2D eigenvalue weighted by atomic mass is 32.1. The van der Waals surface area contributed by atoms with Crippen molar-refractivity contribution in [1.82, 2.24) is 10.2 Å². The third kappa shape index (κ3) is 2.48. The number of nitrogens with zero attached hydrogens (tertiary/aromatic N) is 2. The molecular formula is C10H6F3N3OS. The number of benzene rings is 1. The number of carbonyl (C=O) groups is 1. The highest BCUT2D eigenvalue weighted by molar-refractivity contribution is 7.15. The smallest absolute Gasteiger partial charge is 0.260 e. The second kappa shape index (κ2) is 4.73. The van der Waals surface area contributed by atoms with Crippen LogP contribution in [0.5, 0.6) is 0 Å². The quantitative estimate of drug-likeness (QED) is 0.855. The normalized spacial score (nSPS) is 10.4. The van der Waals surface area contributed by atoms with E-state index in [1.165, 1.54) is 0 Å². The standard InChI is InChI=1S/C10H6F3N3OS/c1-4-15-16-10(18-4)14-9(17)5-2-7(12)8(13)3-6(5)11/h2-3H,1H3,(H,14,16,17). The Morgan fingerprint density at radius 3 is 2.44 bits per heavy atom. The van der Waals surface area contributed by atoms with E-state index in [1.54, 1.807) is 6.92 Å². The van der Waals surface area contributed by atoms with Crippen molar-refractivity contribution in [2.75, 3.05) is 5.32 Å². The van der Waals surface area contributed by atoms with Gasteiger partial charge in [0, 0.05) is 6.07 Å². The van der Waals surface area contributed by atoms with Crippen molar-refractivity contribution < 1.29 is 18.0 Å². The van der Waals surface area contributed by atoms with Crippen LogP contribution in [0.2, 0.25) is 0 Å². The molecule has 0 aliphatic rings. The topological polar surface area (TPSA) is 54.9 Å². The zero-order chi connectivity index (χ0) is 13.3. The molecule has 0 aliphatic heterocycles. The van der Waals surface area contributed by atoms with Crippen LogP contribution >= 0.6 is 11.3 Å². The van der Waals surface area contributed by atoms with Gasteiger partial charge >= 0.3 is 0 Å². The Bertz CT molecular complexity index is 614. The summed E-state index contributed by atoms with van der Waals surface area (Å²) in [7, 11) is 0. The van der Waals surface area contributed by atoms with Gasteiger partial charge in [0.1, 0.15) is 10.8 Å². The summed E-state index contributed by atoms with van der Waals surface area (Å²) < 4.78 is 38.9. The molecule has 94 valence electrons. The van der Waals surface area contributed by atoms with Gasteiger partial charge in [0.05, 0.1) is 5.56 Å². The first kappa shape index (κ1) is 12.5. The number of amides is 1. The minimum absolute atomic E-state index is 0.154. The predicted molar refractivity (Wildman–Crippen MR) is 58.9 cm³/mol. The Morgan fingerprint density at radius 1 is 1.17 bits per heavy atom. The lowest BCUT2D eigenvalue weighted by Gasteiger charge is -2.03. The molecule has 1 heterocycles. The zero-order valence-corrected chi connectivity index (χ0v) is 9.82. The Hall–Kier alpha value is -1.96. The second-order valence-electron chi connectivity index (χ2n) is 3.33. The van der Waals surface area contributed by atoms with E-state index >= 15 is 0 Å². The third-order valence-corrected chi connectivity index (χ3v) is 2.76. The average molecular weight is 273 g/mol. The number of halogens is 3. The Morgan fingerprint density at radius 2 is 1.83 bits per heavy atom. The van der Waals surface area contributed by atoms with Crippen LogP contribution < -0.4 is 5.32 Å². The molecule has 0 fully saturated rings. The molecule has 0 bridgehead atoms. The van der Waals surface area contributed by atoms with Crippen LogP contribution in [0.4, 0.5) is 18.3 Å². The Labute approximate surface area is 103 Å². The van der Waals surface area contributed by atoms with Gasteiger partial charge in [-0.2, -0.15) is 0 Å². The van der Waals surface area contributed by atoms with E-state index in [4.69, 9.17) is 0 Å². The summed E-state index contributed by atoms with van der Waals surface area (Å²) in [4.78, 5) is 11.6. The number of hydrogen-bond donors (Lipinski definition) is 1. The largest absolute Gasteiger partial charge is 0.296 e. The maximum absolute atomic E-state index is 13.3. The van der Waals surface area contributed by atoms with Crippen molar-refractivity contribution in [3.8, 4) is 0 Å². The molecule has 0 aliphatic carbocycles. The predicted octanol–water partition coefficient (Wildman–Crippen LogP) is 2.52. The lowest BCUT2D eigenvalue weighted by molar-refractivity contribution is 0.102. The highest BCUT2D eigenvalue weighted by Crippen LogP contribution is 2.18. The van der Waals surface area contributed by atoms with Crippen LogP contribution in [0.1, 0.15) is 15.4 Å². The van der Waals surface area contributed by atoms with E-state index in [0.29, 0.717) is 17.1 Å². The van der Waals surface area contributed by atoms with E-state index in [0.717, 1.165) is 11.3 Å². The van der Waals surface area contributed by atoms with Gasteiger partial charge in [0.15, 0.2) is 11.6 Å². The molecule has 4 nitrogen and oxygen atoms in total. The van der Waals surface area contributed by atoms with Gasteiger partial charge in [-0.15, -0.1) is 10.2 Å². The molecule has 1 aromatic carbocycles. The van der Waals surface area contributed by atoms with Crippen LogP contribution in [0, 0.1) is 24.4 Å². The summed E-state index contributed by atoms with van der Waals surface area (Å²) in [5.74, 6) is -4.71. The van der Waals surface area contributed by atoms with E-state index in [1.807, 2.05) is 0 Å². The lowest BCUT2D eigenvalue weighted by Crippen LogP contribution is -2.14. The van der Waals surface area contributed by atoms with E-state index in [9.17, 15) is 18.0 Å². The third-order valence-electron chi connectivity index (χ3n) is 2.00. The van der Waals surface area contributed by atoms with Crippen LogP contribution in [-0.2, 0) is 0 Å². The first-order valence-corrected chi connectivity index (χ1v) is 5.55. The SMILES string of the molecule is Cc1nnc(NC(=O)c2cc(F)c(F)cc2F)s1. The number of carbonyl (C=O) groups excluding carboxylic acids is 1. The number of anilines is 1. The molecule has 1 amide bonds. The summed E-state index contributed by atoms with van der Waals surface area (Å²) in [6.45, 7) is 1.67.